The van der Waals surface area contributed by atoms with Crippen molar-refractivity contribution >= 4 is 57.4 Å². The van der Waals surface area contributed by atoms with E-state index in [9.17, 15) is 28.0 Å². The van der Waals surface area contributed by atoms with Crippen molar-refractivity contribution in [2.24, 2.45) is 0 Å². The fraction of sp³-hybridized carbons (Fsp3) is 0.642. The Morgan fingerprint density at radius 2 is 1.02 bits per heavy atom. The summed E-state index contributed by atoms with van der Waals surface area (Å²) in [5, 5.41) is 1.01. The maximum absolute atomic E-state index is 14.0. The molecule has 3 amide bonds. The molecule has 6 fully saturated rings. The van der Waals surface area contributed by atoms with Gasteiger partial charge in [0.1, 0.15) is 23.2 Å². The van der Waals surface area contributed by atoms with Crippen LogP contribution in [0.15, 0.2) is 60.7 Å². The summed E-state index contributed by atoms with van der Waals surface area (Å²) in [6.07, 6.45) is 14.2. The zero-order valence-corrected chi connectivity index (χ0v) is 52.9. The minimum atomic E-state index is -0.219. The Balaban J connectivity index is 0.000000134. The summed E-state index contributed by atoms with van der Waals surface area (Å²) in [6, 6.07) is 20.5. The number of anilines is 4. The third-order valence-corrected chi connectivity index (χ3v) is 22.0. The van der Waals surface area contributed by atoms with Crippen molar-refractivity contribution < 1.29 is 32.7 Å². The predicted molar refractivity (Wildman–Crippen MR) is 336 cm³/mol. The number of carbonyl (C=O) groups excluding carboxylic acids is 4. The molecule has 4 aromatic rings. The third-order valence-electron chi connectivity index (χ3n) is 21.2. The SMILES string of the molecule is CC(=O)CN1CCC(N2CCC3(CC2)CN(C(C)=O)c2ccc(F)cc23)CC1.CCCN1CCC(N2CCC3(CC2)CN(C(C)=O)c2ccc(F)cc23)CC1.CCOC(=O)N1CCC(N2CCC3(CC2)CN(c2nc(C)ns2)c2ccccc23)CC1. The Morgan fingerprint density at radius 3 is 1.45 bits per heavy atom. The molecule has 13 rings (SSSR count). The van der Waals surface area contributed by atoms with Gasteiger partial charge >= 0.3 is 6.09 Å². The lowest BCUT2D eigenvalue weighted by Crippen LogP contribution is -2.52. The minimum Gasteiger partial charge on any atom is -0.450 e. The number of para-hydroxylation sites is 1. The first kappa shape index (κ1) is 62.2. The molecule has 1 aromatic heterocycles. The molecule has 0 bridgehead atoms. The lowest BCUT2D eigenvalue weighted by Gasteiger charge is -2.45. The number of carbonyl (C=O) groups is 4. The molecule has 0 saturated carbocycles. The van der Waals surface area contributed by atoms with Gasteiger partial charge in [-0.15, -0.1) is 0 Å². The molecule has 9 aliphatic heterocycles. The lowest BCUT2D eigenvalue weighted by atomic mass is 9.74. The fourth-order valence-electron chi connectivity index (χ4n) is 16.5. The maximum Gasteiger partial charge on any atom is 0.409 e. The topological polar surface area (TPSA) is 132 Å². The molecule has 6 saturated heterocycles. The van der Waals surface area contributed by atoms with Crippen LogP contribution in [-0.2, 0) is 35.4 Å². The average Bonchev–Trinajstić information content (AvgIpc) is 2.08. The second-order valence-corrected chi connectivity index (χ2v) is 27.1. The second-order valence-electron chi connectivity index (χ2n) is 26.4. The first-order valence-corrected chi connectivity index (χ1v) is 33.2. The Kier molecular flexibility index (Phi) is 19.3. The number of aryl methyl sites for hydroxylation is 1. The van der Waals surface area contributed by atoms with E-state index in [1.165, 1.54) is 73.8 Å². The monoisotopic (exact) mass is 1200 g/mol. The quantitative estimate of drug-likeness (QED) is 0.158. The van der Waals surface area contributed by atoms with E-state index >= 15 is 0 Å². The summed E-state index contributed by atoms with van der Waals surface area (Å²) >= 11 is 1.50. The molecular weight excluding hydrogens is 1110 g/mol. The van der Waals surface area contributed by atoms with Crippen molar-refractivity contribution in [3.63, 3.8) is 0 Å². The van der Waals surface area contributed by atoms with Crippen LogP contribution >= 0.6 is 11.5 Å². The van der Waals surface area contributed by atoms with Crippen LogP contribution in [0.2, 0.25) is 0 Å². The number of nitrogens with zero attached hydrogens (tertiary/aromatic N) is 11. The van der Waals surface area contributed by atoms with E-state index in [0.29, 0.717) is 44.4 Å². The highest BCUT2D eigenvalue weighted by molar-refractivity contribution is 7.09. The highest BCUT2D eigenvalue weighted by Crippen LogP contribution is 2.52. The number of hydrogen-bond donors (Lipinski definition) is 0. The van der Waals surface area contributed by atoms with E-state index in [1.54, 1.807) is 45.0 Å². The van der Waals surface area contributed by atoms with E-state index in [2.05, 4.69) is 69.9 Å². The third kappa shape index (κ3) is 13.2. The first-order valence-electron chi connectivity index (χ1n) is 32.4. The van der Waals surface area contributed by atoms with Gasteiger partial charge in [-0.25, -0.2) is 18.6 Å². The molecule has 3 aromatic carbocycles. The number of halogens is 2. The molecule has 0 radical (unpaired) electrons. The summed E-state index contributed by atoms with van der Waals surface area (Å²) in [5.74, 6) is 0.770. The Bertz CT molecular complexity index is 3020. The molecule has 466 valence electrons. The van der Waals surface area contributed by atoms with E-state index < -0.39 is 0 Å². The van der Waals surface area contributed by atoms with Gasteiger partial charge in [-0.1, -0.05) is 25.1 Å². The standard InChI is InChI=1S/C23H31N5O2S.C22H30FN3O2.C22H32FN3O/c1-3-30-22(29)27-12-8-18(9-13-27)26-14-10-23(11-15-26)16-28(21-24-17(2)25-31-21)20-7-5-4-6-19(20)23;1-16(27)14-24-9-5-19(6-10-24)25-11-7-22(8-12-25)15-26(17(2)28)21-4-3-18(23)13-20(21)22;1-3-10-24-11-6-19(7-12-24)25-13-8-22(9-14-25)16-26(17(2)27)21-5-4-18(23)15-20(21)22/h4-7,18H,3,8-16H2,1-2H3;3-4,13,19H,5-12,14-15H2,1-2H3;4-5,15,19H,3,6-14,16H2,1-2H3. The van der Waals surface area contributed by atoms with Crippen LogP contribution in [-0.4, -0.2) is 198 Å². The number of aromatic nitrogens is 2. The van der Waals surface area contributed by atoms with Gasteiger partial charge in [-0.05, 0) is 222 Å². The van der Waals surface area contributed by atoms with Gasteiger partial charge in [-0.3, -0.25) is 19.3 Å². The number of fused-ring (bicyclic) bond motifs is 6. The number of benzene rings is 3. The van der Waals surface area contributed by atoms with Crippen LogP contribution in [0.1, 0.15) is 141 Å². The van der Waals surface area contributed by atoms with Crippen LogP contribution in [0.3, 0.4) is 0 Å². The van der Waals surface area contributed by atoms with Gasteiger partial charge < -0.3 is 43.9 Å². The van der Waals surface area contributed by atoms with Crippen LogP contribution in [0.25, 0.3) is 0 Å². The van der Waals surface area contributed by atoms with Crippen molar-refractivity contribution in [2.75, 3.05) is 133 Å². The zero-order chi connectivity index (χ0) is 60.3. The summed E-state index contributed by atoms with van der Waals surface area (Å²) < 4.78 is 37.5. The van der Waals surface area contributed by atoms with Gasteiger partial charge in [0.05, 0.1) is 13.2 Å². The van der Waals surface area contributed by atoms with Crippen LogP contribution in [0, 0.1) is 18.6 Å². The number of hydrogen-bond acceptors (Lipinski definition) is 14. The largest absolute Gasteiger partial charge is 0.450 e. The van der Waals surface area contributed by atoms with Gasteiger partial charge in [0, 0.05) is 123 Å². The number of amides is 3. The summed E-state index contributed by atoms with van der Waals surface area (Å²) in [7, 11) is 0. The van der Waals surface area contributed by atoms with E-state index in [-0.39, 0.29) is 51.6 Å². The predicted octanol–water partition coefficient (Wildman–Crippen LogP) is 9.93. The number of Topliss-reactive ketones (excluding diaryl/α,β-unsaturated/α-hetero) is 1. The molecule has 19 heteroatoms. The van der Waals surface area contributed by atoms with E-state index in [0.717, 1.165) is 170 Å². The normalized spacial score (nSPS) is 22.7. The smallest absolute Gasteiger partial charge is 0.409 e. The summed E-state index contributed by atoms with van der Waals surface area (Å²) in [4.78, 5) is 72.9. The van der Waals surface area contributed by atoms with Crippen molar-refractivity contribution in [3.8, 4) is 0 Å². The lowest BCUT2D eigenvalue weighted by molar-refractivity contribution is -0.118. The van der Waals surface area contributed by atoms with Gasteiger partial charge in [-0.2, -0.15) is 4.37 Å². The van der Waals surface area contributed by atoms with Crippen LogP contribution in [0.5, 0.6) is 0 Å². The highest BCUT2D eigenvalue weighted by Gasteiger charge is 2.50. The molecule has 0 unspecified atom stereocenters. The maximum atomic E-state index is 14.0. The molecular formula is C67H93F2N11O5S. The molecule has 9 aliphatic rings. The Hall–Kier alpha value is -5.44. The molecule has 10 heterocycles. The number of likely N-dealkylation sites (tertiary alicyclic amines) is 6. The van der Waals surface area contributed by atoms with Crippen LogP contribution in [0.4, 0.5) is 35.8 Å². The highest BCUT2D eigenvalue weighted by atomic mass is 32.1. The molecule has 16 nitrogen and oxygen atoms in total. The van der Waals surface area contributed by atoms with Crippen LogP contribution < -0.4 is 14.7 Å². The Labute approximate surface area is 513 Å². The number of ether oxygens (including phenoxy) is 1. The van der Waals surface area contributed by atoms with Gasteiger partial charge in [0.25, 0.3) is 0 Å². The van der Waals surface area contributed by atoms with Crippen molar-refractivity contribution in [1.82, 2.24) is 38.8 Å². The second kappa shape index (κ2) is 26.7. The molecule has 3 spiro atoms. The summed E-state index contributed by atoms with van der Waals surface area (Å²) in [6.45, 7) is 27.9. The van der Waals surface area contributed by atoms with Crippen molar-refractivity contribution in [2.45, 2.75) is 159 Å². The van der Waals surface area contributed by atoms with E-state index in [4.69, 9.17) is 4.74 Å². The zero-order valence-electron chi connectivity index (χ0n) is 52.1. The van der Waals surface area contributed by atoms with Crippen molar-refractivity contribution in [3.05, 3.63) is 94.8 Å². The summed E-state index contributed by atoms with van der Waals surface area (Å²) in [5.41, 5.74) is 6.66. The molecule has 0 atom stereocenters. The average molecular weight is 1200 g/mol. The van der Waals surface area contributed by atoms with E-state index in [1.807, 2.05) is 28.5 Å². The fourth-order valence-corrected chi connectivity index (χ4v) is 17.2. The van der Waals surface area contributed by atoms with Gasteiger partial charge in [0.2, 0.25) is 16.9 Å². The molecule has 0 aliphatic carbocycles. The van der Waals surface area contributed by atoms with Crippen molar-refractivity contribution in [1.29, 1.82) is 0 Å². The molecule has 86 heavy (non-hydrogen) atoms. The molecule has 0 N–H and O–H groups in total. The Morgan fingerprint density at radius 1 is 0.570 bits per heavy atom. The number of rotatable bonds is 9. The van der Waals surface area contributed by atoms with Gasteiger partial charge in [0.15, 0.2) is 0 Å². The number of piperidine rings is 6. The minimum absolute atomic E-state index is 0.0324. The first-order chi connectivity index (χ1) is 41.5. The number of ketones is 1.